The molecule has 3 aromatic heterocycles. The number of H-pyrrole nitrogens is 1. The maximum Gasteiger partial charge on any atom is 0.423 e. The first-order valence-corrected chi connectivity index (χ1v) is 12.7. The molecule has 4 N–H and O–H groups in total. The highest BCUT2D eigenvalue weighted by atomic mass is 19.4. The number of aromatic amines is 1. The van der Waals surface area contributed by atoms with Gasteiger partial charge < -0.3 is 15.6 Å². The summed E-state index contributed by atoms with van der Waals surface area (Å²) in [7, 11) is 0. The lowest BCUT2D eigenvalue weighted by Gasteiger charge is -2.31. The number of alkyl halides is 6. The number of halogens is 7. The van der Waals surface area contributed by atoms with E-state index in [0.717, 1.165) is 12.3 Å². The van der Waals surface area contributed by atoms with E-state index < -0.39 is 52.1 Å². The van der Waals surface area contributed by atoms with Gasteiger partial charge in [0.05, 0.1) is 34.1 Å². The molecule has 0 saturated heterocycles. The molecule has 0 unspecified atom stereocenters. The molecule has 1 aromatic carbocycles. The quantitative estimate of drug-likeness (QED) is 0.277. The van der Waals surface area contributed by atoms with Crippen molar-refractivity contribution in [3.05, 3.63) is 74.6 Å². The highest BCUT2D eigenvalue weighted by Crippen LogP contribution is 2.35. The van der Waals surface area contributed by atoms with Crippen molar-refractivity contribution < 1.29 is 30.7 Å². The third-order valence-corrected chi connectivity index (χ3v) is 7.16. The third-order valence-electron chi connectivity index (χ3n) is 7.16. The molecule has 16 heteroatoms. The van der Waals surface area contributed by atoms with Gasteiger partial charge in [0.25, 0.3) is 11.1 Å². The molecule has 1 saturated carbocycles. The summed E-state index contributed by atoms with van der Waals surface area (Å²) in [6.07, 6.45) is -4.08. The number of pyridine rings is 1. The molecule has 9 nitrogen and oxygen atoms in total. The minimum Gasteiger partial charge on any atom is -0.397 e. The Hall–Kier alpha value is -4.50. The van der Waals surface area contributed by atoms with Crippen LogP contribution in [0.3, 0.4) is 0 Å². The molecule has 0 radical (unpaired) electrons. The van der Waals surface area contributed by atoms with Crippen molar-refractivity contribution in [2.24, 2.45) is 5.92 Å². The van der Waals surface area contributed by atoms with Crippen LogP contribution >= 0.6 is 0 Å². The molecule has 4 aromatic rings. The number of hydrogen-bond donors (Lipinski definition) is 3. The Balaban J connectivity index is 1.39. The van der Waals surface area contributed by atoms with Crippen LogP contribution in [-0.4, -0.2) is 30.8 Å². The third kappa shape index (κ3) is 5.78. The van der Waals surface area contributed by atoms with Gasteiger partial charge in [-0.05, 0) is 37.3 Å². The predicted molar refractivity (Wildman–Crippen MR) is 138 cm³/mol. The van der Waals surface area contributed by atoms with Crippen LogP contribution in [0.1, 0.15) is 36.8 Å². The van der Waals surface area contributed by atoms with Crippen molar-refractivity contribution in [2.75, 3.05) is 11.1 Å². The molecule has 1 fully saturated rings. The first-order valence-electron chi connectivity index (χ1n) is 12.7. The molecule has 3 heterocycles. The van der Waals surface area contributed by atoms with Gasteiger partial charge in [-0.1, -0.05) is 6.42 Å². The molecule has 222 valence electrons. The number of rotatable bonds is 5. The van der Waals surface area contributed by atoms with Crippen LogP contribution in [0.4, 0.5) is 42.1 Å². The standard InChI is InChI=1S/C26H22F7N7O2/c27-18-6-16-15(5-17(18)22-35-7-13(8-36-22)25(28,29)30)19(34)11-40(24(16)42)10-12-2-1-3-14(4-12)38-20-9-37-39-23(41)21(20)26(31,32)33/h5-9,11-12,14H,1-4,10,34H2,(H2,38,39,41)/t12-,14+/m1/s1. The van der Waals surface area contributed by atoms with Gasteiger partial charge in [0, 0.05) is 36.6 Å². The molecule has 0 bridgehead atoms. The Kier molecular flexibility index (Phi) is 7.41. The van der Waals surface area contributed by atoms with Crippen molar-refractivity contribution in [3.8, 4) is 11.4 Å². The topological polar surface area (TPSA) is 132 Å². The average Bonchev–Trinajstić information content (AvgIpc) is 2.90. The molecule has 0 spiro atoms. The summed E-state index contributed by atoms with van der Waals surface area (Å²) in [5, 5.41) is 8.10. The van der Waals surface area contributed by atoms with Crippen LogP contribution in [0, 0.1) is 11.7 Å². The van der Waals surface area contributed by atoms with Gasteiger partial charge in [0.15, 0.2) is 5.82 Å². The molecular weight excluding hydrogens is 575 g/mol. The van der Waals surface area contributed by atoms with Gasteiger partial charge in [0.1, 0.15) is 11.4 Å². The van der Waals surface area contributed by atoms with Crippen molar-refractivity contribution in [3.63, 3.8) is 0 Å². The summed E-state index contributed by atoms with van der Waals surface area (Å²) in [5.41, 5.74) is 1.17. The first-order chi connectivity index (χ1) is 19.7. The summed E-state index contributed by atoms with van der Waals surface area (Å²) in [4.78, 5) is 32.3. The zero-order valence-corrected chi connectivity index (χ0v) is 21.5. The van der Waals surface area contributed by atoms with Crippen LogP contribution < -0.4 is 22.2 Å². The SMILES string of the molecule is Nc1cn(C[C@@H]2CCC[C@H](Nc3cn[nH]c(=O)c3C(F)(F)F)C2)c(=O)c2cc(F)c(-c3ncc(C(F)(F)F)cn3)cc12. The molecular formula is C26H22F7N7O2. The van der Waals surface area contributed by atoms with Crippen LogP contribution in [-0.2, 0) is 18.9 Å². The second-order valence-electron chi connectivity index (χ2n) is 10.1. The van der Waals surface area contributed by atoms with E-state index in [1.165, 1.54) is 16.8 Å². The highest BCUT2D eigenvalue weighted by molar-refractivity contribution is 5.94. The number of nitrogen functional groups attached to an aromatic ring is 1. The zero-order valence-electron chi connectivity index (χ0n) is 21.5. The number of anilines is 2. The second kappa shape index (κ2) is 10.7. The lowest BCUT2D eigenvalue weighted by Crippen LogP contribution is -2.34. The van der Waals surface area contributed by atoms with E-state index >= 15 is 4.39 Å². The lowest BCUT2D eigenvalue weighted by molar-refractivity contribution is -0.139. The van der Waals surface area contributed by atoms with Crippen molar-refractivity contribution in [1.29, 1.82) is 0 Å². The number of benzene rings is 1. The Labute approximate surface area is 231 Å². The fourth-order valence-electron chi connectivity index (χ4n) is 5.24. The summed E-state index contributed by atoms with van der Waals surface area (Å²) >= 11 is 0. The fraction of sp³-hybridized carbons (Fsp3) is 0.346. The number of fused-ring (bicyclic) bond motifs is 1. The largest absolute Gasteiger partial charge is 0.423 e. The van der Waals surface area contributed by atoms with Gasteiger partial charge >= 0.3 is 12.4 Å². The molecule has 1 aliphatic rings. The Morgan fingerprint density at radius 3 is 2.38 bits per heavy atom. The monoisotopic (exact) mass is 597 g/mol. The summed E-state index contributed by atoms with van der Waals surface area (Å²) in [5.74, 6) is -1.43. The van der Waals surface area contributed by atoms with Crippen LogP contribution in [0.15, 0.2) is 46.5 Å². The molecule has 1 aliphatic carbocycles. The van der Waals surface area contributed by atoms with E-state index in [1.54, 1.807) is 5.10 Å². The number of nitrogens with zero attached hydrogens (tertiary/aromatic N) is 4. The maximum absolute atomic E-state index is 15.0. The summed E-state index contributed by atoms with van der Waals surface area (Å²) in [6.45, 7) is 0.141. The number of nitrogens with two attached hydrogens (primary N) is 1. The van der Waals surface area contributed by atoms with Gasteiger partial charge in [-0.15, -0.1) is 0 Å². The normalized spacial score (nSPS) is 17.9. The number of aromatic nitrogens is 5. The molecule has 42 heavy (non-hydrogen) atoms. The minimum atomic E-state index is -4.89. The summed E-state index contributed by atoms with van der Waals surface area (Å²) < 4.78 is 95.2. The van der Waals surface area contributed by atoms with E-state index in [1.807, 2.05) is 0 Å². The lowest BCUT2D eigenvalue weighted by atomic mass is 9.85. The van der Waals surface area contributed by atoms with E-state index in [0.29, 0.717) is 38.1 Å². The number of hydrogen-bond acceptors (Lipinski definition) is 7. The van der Waals surface area contributed by atoms with E-state index in [4.69, 9.17) is 5.73 Å². The molecule has 0 aliphatic heterocycles. The second-order valence-corrected chi connectivity index (χ2v) is 10.1. The zero-order chi connectivity index (χ0) is 30.4. The van der Waals surface area contributed by atoms with Crippen molar-refractivity contribution in [1.82, 2.24) is 24.7 Å². The number of nitrogens with one attached hydrogen (secondary N) is 2. The maximum atomic E-state index is 15.0. The Morgan fingerprint density at radius 1 is 1.00 bits per heavy atom. The van der Waals surface area contributed by atoms with Gasteiger partial charge in [-0.2, -0.15) is 31.4 Å². The molecule has 0 amide bonds. The molecule has 5 rings (SSSR count). The Bertz CT molecular complexity index is 1750. The summed E-state index contributed by atoms with van der Waals surface area (Å²) in [6, 6.07) is 1.68. The van der Waals surface area contributed by atoms with E-state index in [2.05, 4.69) is 20.4 Å². The van der Waals surface area contributed by atoms with E-state index in [-0.39, 0.29) is 40.3 Å². The van der Waals surface area contributed by atoms with Gasteiger partial charge in [-0.25, -0.2) is 19.5 Å². The predicted octanol–water partition coefficient (Wildman–Crippen LogP) is 4.97. The van der Waals surface area contributed by atoms with E-state index in [9.17, 15) is 35.9 Å². The van der Waals surface area contributed by atoms with Crippen LogP contribution in [0.25, 0.3) is 22.2 Å². The Morgan fingerprint density at radius 2 is 1.71 bits per heavy atom. The van der Waals surface area contributed by atoms with Crippen LogP contribution in [0.5, 0.6) is 0 Å². The minimum absolute atomic E-state index is 0.0712. The van der Waals surface area contributed by atoms with Gasteiger partial charge in [-0.3, -0.25) is 9.59 Å². The highest BCUT2D eigenvalue weighted by Gasteiger charge is 2.38. The first kappa shape index (κ1) is 29.0. The average molecular weight is 597 g/mol. The van der Waals surface area contributed by atoms with Gasteiger partial charge in [0.2, 0.25) is 0 Å². The fourth-order valence-corrected chi connectivity index (χ4v) is 5.24. The van der Waals surface area contributed by atoms with Crippen LogP contribution in [0.2, 0.25) is 0 Å². The van der Waals surface area contributed by atoms with Crippen molar-refractivity contribution >= 4 is 22.1 Å². The smallest absolute Gasteiger partial charge is 0.397 e. The molecule has 2 atom stereocenters. The van der Waals surface area contributed by atoms with Crippen molar-refractivity contribution in [2.45, 2.75) is 50.6 Å².